The minimum Gasteiger partial charge on any atom is -0.497 e. The third-order valence-corrected chi connectivity index (χ3v) is 5.97. The van der Waals surface area contributed by atoms with Gasteiger partial charge in [-0.1, -0.05) is 44.5 Å². The van der Waals surface area contributed by atoms with Gasteiger partial charge in [-0.2, -0.15) is 0 Å². The number of carbonyl (C=O) groups is 1. The highest BCUT2D eigenvalue weighted by molar-refractivity contribution is 6.30. The zero-order valence-corrected chi connectivity index (χ0v) is 19.4. The maximum Gasteiger partial charge on any atom is 0.309 e. The number of halogens is 1. The van der Waals surface area contributed by atoms with E-state index in [1.165, 1.54) is 0 Å². The summed E-state index contributed by atoms with van der Waals surface area (Å²) in [5.74, 6) is 0.0600. The van der Waals surface area contributed by atoms with Gasteiger partial charge >= 0.3 is 5.97 Å². The van der Waals surface area contributed by atoms with Gasteiger partial charge in [0.1, 0.15) is 17.6 Å². The van der Waals surface area contributed by atoms with Gasteiger partial charge in [-0.15, -0.1) is 10.2 Å². The van der Waals surface area contributed by atoms with E-state index in [1.807, 2.05) is 62.6 Å². The van der Waals surface area contributed by atoms with Crippen LogP contribution in [-0.2, 0) is 4.79 Å². The van der Waals surface area contributed by atoms with Crippen molar-refractivity contribution in [1.29, 1.82) is 0 Å². The maximum atomic E-state index is 12.5. The van der Waals surface area contributed by atoms with E-state index >= 15 is 0 Å². The zero-order valence-electron chi connectivity index (χ0n) is 18.6. The largest absolute Gasteiger partial charge is 0.497 e. The second kappa shape index (κ2) is 8.06. The predicted molar refractivity (Wildman–Crippen MR) is 123 cm³/mol. The minimum absolute atomic E-state index is 0.500. The average molecular weight is 453 g/mol. The third kappa shape index (κ3) is 3.77. The van der Waals surface area contributed by atoms with Crippen LogP contribution in [0.3, 0.4) is 0 Å². The van der Waals surface area contributed by atoms with Gasteiger partial charge in [-0.25, -0.2) is 0 Å². The Hall–Kier alpha value is -3.19. The first-order valence-electron chi connectivity index (χ1n) is 10.3. The maximum absolute atomic E-state index is 12.5. The standard InChI is InChI=1S/C24H25ClN4O3/c1-13-27-28-22-21(19(23(30)31)24(2,3)4)26-20(14-6-8-15(25)9-7-14)17-12-16(32-5)10-11-18(17)29(13)22/h6-12,19,21H,1-5H3,(H,30,31)/t19-,21?/m0/s1. The summed E-state index contributed by atoms with van der Waals surface area (Å²) in [6, 6.07) is 12.3. The van der Waals surface area contributed by atoms with Crippen molar-refractivity contribution in [1.82, 2.24) is 14.8 Å². The highest BCUT2D eigenvalue weighted by Gasteiger charge is 2.43. The molecule has 8 heteroatoms. The molecule has 2 aromatic carbocycles. The van der Waals surface area contributed by atoms with Crippen molar-refractivity contribution >= 4 is 23.3 Å². The summed E-state index contributed by atoms with van der Waals surface area (Å²) in [7, 11) is 1.61. The molecule has 0 bridgehead atoms. The van der Waals surface area contributed by atoms with E-state index in [-0.39, 0.29) is 0 Å². The quantitative estimate of drug-likeness (QED) is 0.609. The van der Waals surface area contributed by atoms with E-state index in [0.29, 0.717) is 28.1 Å². The number of carboxylic acids is 1. The number of aliphatic imine (C=N–C) groups is 1. The van der Waals surface area contributed by atoms with Crippen LogP contribution in [0.15, 0.2) is 47.5 Å². The Morgan fingerprint density at radius 2 is 1.84 bits per heavy atom. The summed E-state index contributed by atoms with van der Waals surface area (Å²) in [5, 5.41) is 19.5. The Morgan fingerprint density at radius 1 is 1.16 bits per heavy atom. The Kier molecular flexibility index (Phi) is 5.54. The van der Waals surface area contributed by atoms with Crippen molar-refractivity contribution in [3.8, 4) is 11.4 Å². The summed E-state index contributed by atoms with van der Waals surface area (Å²) >= 11 is 6.13. The van der Waals surface area contributed by atoms with Gasteiger partial charge in [-0.05, 0) is 42.7 Å². The summed E-state index contributed by atoms with van der Waals surface area (Å²) in [6.45, 7) is 7.55. The predicted octanol–water partition coefficient (Wildman–Crippen LogP) is 4.88. The van der Waals surface area contributed by atoms with E-state index in [9.17, 15) is 9.90 Å². The number of aryl methyl sites for hydroxylation is 1. The molecule has 0 amide bonds. The minimum atomic E-state index is -0.933. The van der Waals surface area contributed by atoms with Gasteiger partial charge in [0.15, 0.2) is 5.82 Å². The van der Waals surface area contributed by atoms with Crippen LogP contribution in [0.1, 0.15) is 49.6 Å². The van der Waals surface area contributed by atoms with E-state index < -0.39 is 23.3 Å². The molecule has 32 heavy (non-hydrogen) atoms. The van der Waals surface area contributed by atoms with Crippen LogP contribution in [0.5, 0.6) is 5.75 Å². The first-order chi connectivity index (χ1) is 15.1. The molecule has 2 heterocycles. The SMILES string of the molecule is COc1ccc2c(c1)C(c1ccc(Cl)cc1)=NC([C@@H](C(=O)O)C(C)(C)C)c1nnc(C)n1-2. The third-order valence-electron chi connectivity index (χ3n) is 5.71. The molecule has 0 saturated carbocycles. The lowest BCUT2D eigenvalue weighted by atomic mass is 9.76. The first kappa shape index (κ1) is 22.0. The van der Waals surface area contributed by atoms with Crippen molar-refractivity contribution in [2.75, 3.05) is 7.11 Å². The summed E-state index contributed by atoms with van der Waals surface area (Å²) < 4.78 is 7.38. The number of aromatic nitrogens is 3. The average Bonchev–Trinajstić information content (AvgIpc) is 3.04. The lowest BCUT2D eigenvalue weighted by molar-refractivity contribution is -0.146. The van der Waals surface area contributed by atoms with Crippen LogP contribution in [0.2, 0.25) is 5.02 Å². The van der Waals surface area contributed by atoms with Crippen LogP contribution in [-0.4, -0.2) is 38.7 Å². The van der Waals surface area contributed by atoms with Crippen LogP contribution in [0.25, 0.3) is 5.69 Å². The molecular formula is C24H25ClN4O3. The molecule has 0 fully saturated rings. The fourth-order valence-electron chi connectivity index (χ4n) is 4.20. The molecular weight excluding hydrogens is 428 g/mol. The molecule has 2 atom stereocenters. The monoisotopic (exact) mass is 452 g/mol. The molecule has 3 aromatic rings. The molecule has 1 N–H and O–H groups in total. The number of carboxylic acid groups (broad SMARTS) is 1. The first-order valence-corrected chi connectivity index (χ1v) is 10.7. The molecule has 1 unspecified atom stereocenters. The number of hydrogen-bond donors (Lipinski definition) is 1. The molecule has 0 saturated heterocycles. The molecule has 0 spiro atoms. The number of methoxy groups -OCH3 is 1. The second-order valence-electron chi connectivity index (χ2n) is 8.94. The number of aliphatic carboxylic acids is 1. The van der Waals surface area contributed by atoms with Gasteiger partial charge in [-0.3, -0.25) is 14.4 Å². The van der Waals surface area contributed by atoms with Crippen LogP contribution < -0.4 is 4.74 Å². The molecule has 0 radical (unpaired) electrons. The van der Waals surface area contributed by atoms with Gasteiger partial charge in [0.25, 0.3) is 0 Å². The number of rotatable bonds is 4. The molecule has 1 aliphatic heterocycles. The topological polar surface area (TPSA) is 89.6 Å². The van der Waals surface area contributed by atoms with Crippen LogP contribution >= 0.6 is 11.6 Å². The Balaban J connectivity index is 2.08. The van der Waals surface area contributed by atoms with Gasteiger partial charge in [0.05, 0.1) is 24.4 Å². The smallest absolute Gasteiger partial charge is 0.309 e. The Bertz CT molecular complexity index is 1210. The van der Waals surface area contributed by atoms with Gasteiger partial charge < -0.3 is 9.84 Å². The van der Waals surface area contributed by atoms with Crippen LogP contribution in [0, 0.1) is 18.3 Å². The zero-order chi connectivity index (χ0) is 23.2. The number of nitrogens with zero attached hydrogens (tertiary/aromatic N) is 4. The fraction of sp³-hybridized carbons (Fsp3) is 0.333. The molecule has 0 aliphatic carbocycles. The molecule has 166 valence electrons. The van der Waals surface area contributed by atoms with Crippen molar-refractivity contribution < 1.29 is 14.6 Å². The van der Waals surface area contributed by atoms with Crippen molar-refractivity contribution in [2.45, 2.75) is 33.7 Å². The second-order valence-corrected chi connectivity index (χ2v) is 9.37. The van der Waals surface area contributed by atoms with E-state index in [1.54, 1.807) is 19.2 Å². The van der Waals surface area contributed by atoms with Crippen molar-refractivity contribution in [2.24, 2.45) is 16.3 Å². The summed E-state index contributed by atoms with van der Waals surface area (Å²) in [4.78, 5) is 17.5. The van der Waals surface area contributed by atoms with Crippen molar-refractivity contribution in [3.05, 3.63) is 70.3 Å². The van der Waals surface area contributed by atoms with E-state index in [0.717, 1.165) is 16.8 Å². The fourth-order valence-corrected chi connectivity index (χ4v) is 4.33. The highest BCUT2D eigenvalue weighted by Crippen LogP contribution is 2.42. The molecule has 7 nitrogen and oxygen atoms in total. The number of benzene rings is 2. The van der Waals surface area contributed by atoms with Gasteiger partial charge in [0, 0.05) is 16.1 Å². The molecule has 1 aliphatic rings. The van der Waals surface area contributed by atoms with E-state index in [4.69, 9.17) is 21.3 Å². The lowest BCUT2D eigenvalue weighted by Crippen LogP contribution is -2.34. The van der Waals surface area contributed by atoms with Gasteiger partial charge in [0.2, 0.25) is 0 Å². The van der Waals surface area contributed by atoms with Crippen LogP contribution in [0.4, 0.5) is 0 Å². The normalized spacial score (nSPS) is 16.4. The number of hydrogen-bond acceptors (Lipinski definition) is 5. The van der Waals surface area contributed by atoms with Crippen molar-refractivity contribution in [3.63, 3.8) is 0 Å². The summed E-state index contributed by atoms with van der Waals surface area (Å²) in [5.41, 5.74) is 2.52. The number of fused-ring (bicyclic) bond motifs is 3. The number of ether oxygens (including phenoxy) is 1. The molecule has 1 aromatic heterocycles. The van der Waals surface area contributed by atoms with E-state index in [2.05, 4.69) is 10.2 Å². The molecule has 4 rings (SSSR count). The summed E-state index contributed by atoms with van der Waals surface area (Å²) in [6.07, 6.45) is 0. The highest BCUT2D eigenvalue weighted by atomic mass is 35.5. The lowest BCUT2D eigenvalue weighted by Gasteiger charge is -2.31. The Morgan fingerprint density at radius 3 is 2.44 bits per heavy atom. The Labute approximate surface area is 191 Å².